The second kappa shape index (κ2) is 18.0. The molecule has 2 heterocycles. The Morgan fingerprint density at radius 2 is 0.872 bits per heavy atom. The van der Waals surface area contributed by atoms with Crippen molar-refractivity contribution < 1.29 is 19.2 Å². The number of carbonyl (C=O) groups is 4. The lowest BCUT2D eigenvalue weighted by atomic mass is 10.1. The minimum atomic E-state index is -0.414. The van der Waals surface area contributed by atoms with Crippen LogP contribution in [0.5, 0.6) is 0 Å². The zero-order valence-corrected chi connectivity index (χ0v) is 27.8. The molecular weight excluding hydrogens is 629 g/mol. The molecule has 2 aliphatic rings. The fraction of sp³-hybridized carbons (Fsp3) is 0.135. The van der Waals surface area contributed by atoms with E-state index in [1.54, 1.807) is 30.4 Å². The molecule has 0 aromatic heterocycles. The Balaban J connectivity index is 0.000000256. The number of thiocarbonyl (C=S) groups is 2. The van der Waals surface area contributed by atoms with Crippen molar-refractivity contribution in [3.05, 3.63) is 145 Å². The Kier molecular flexibility index (Phi) is 13.8. The average molecular weight is 665 g/mol. The van der Waals surface area contributed by atoms with Crippen LogP contribution in [0.4, 0.5) is 0 Å². The van der Waals surface area contributed by atoms with E-state index in [0.717, 1.165) is 11.1 Å². The fourth-order valence-electron chi connectivity index (χ4n) is 4.48. The standard InChI is InChI=1S/C19H18N2O2S.C18H18N2O2S/c1-3-13-20-17(22)16(18(23)21(14-4-2)19(20)24)12-8-11-15-9-6-5-7-10-15;1-3-13-20-17(22)15(16(21)19(4-2)18(20)23)12-8-11-14-9-6-5-7-10-14/h3-12H,1-2,13-14H2;3,5-12H,1,4,13H2,2H3/b11-8+;11-8+,15-12-. The molecule has 8 nitrogen and oxygen atoms in total. The number of rotatable bonds is 11. The van der Waals surface area contributed by atoms with Gasteiger partial charge in [0.15, 0.2) is 10.2 Å². The highest BCUT2D eigenvalue weighted by Crippen LogP contribution is 2.19. The van der Waals surface area contributed by atoms with E-state index in [0.29, 0.717) is 6.54 Å². The van der Waals surface area contributed by atoms with E-state index in [1.165, 1.54) is 31.8 Å². The van der Waals surface area contributed by atoms with Crippen LogP contribution in [0.3, 0.4) is 0 Å². The second-order valence-corrected chi connectivity index (χ2v) is 10.7. The van der Waals surface area contributed by atoms with Crippen LogP contribution in [0.15, 0.2) is 134 Å². The van der Waals surface area contributed by atoms with Gasteiger partial charge in [0.25, 0.3) is 23.6 Å². The number of carbonyl (C=O) groups excluding carboxylic acids is 4. The maximum absolute atomic E-state index is 12.5. The normalized spacial score (nSPS) is 16.3. The van der Waals surface area contributed by atoms with Gasteiger partial charge in [0.1, 0.15) is 11.1 Å². The molecule has 47 heavy (non-hydrogen) atoms. The van der Waals surface area contributed by atoms with Gasteiger partial charge in [0.2, 0.25) is 0 Å². The Labute approximate surface area is 286 Å². The topological polar surface area (TPSA) is 81.2 Å². The molecule has 10 heteroatoms. The summed E-state index contributed by atoms with van der Waals surface area (Å²) in [6, 6.07) is 19.3. The first-order chi connectivity index (χ1) is 22.7. The van der Waals surface area contributed by atoms with Crippen molar-refractivity contribution in [3.63, 3.8) is 0 Å². The van der Waals surface area contributed by atoms with E-state index in [-0.39, 0.29) is 52.8 Å². The van der Waals surface area contributed by atoms with Crippen LogP contribution in [0.25, 0.3) is 12.2 Å². The van der Waals surface area contributed by atoms with Crippen LogP contribution in [0.1, 0.15) is 18.1 Å². The first-order valence-electron chi connectivity index (χ1n) is 14.7. The maximum Gasteiger partial charge on any atom is 0.265 e. The summed E-state index contributed by atoms with van der Waals surface area (Å²) in [6.07, 6.45) is 14.9. The smallest absolute Gasteiger partial charge is 0.265 e. The van der Waals surface area contributed by atoms with Crippen molar-refractivity contribution >= 4 is 70.4 Å². The van der Waals surface area contributed by atoms with Gasteiger partial charge in [-0.05, 0) is 54.6 Å². The lowest BCUT2D eigenvalue weighted by Crippen LogP contribution is -2.56. The molecular formula is C37H36N4O4S2. The number of amides is 4. The average Bonchev–Trinajstić information content (AvgIpc) is 3.08. The van der Waals surface area contributed by atoms with Crippen LogP contribution in [-0.2, 0) is 19.2 Å². The van der Waals surface area contributed by atoms with Crippen molar-refractivity contribution in [3.8, 4) is 0 Å². The van der Waals surface area contributed by atoms with Crippen LogP contribution in [-0.4, -0.2) is 79.6 Å². The van der Waals surface area contributed by atoms with Gasteiger partial charge in [-0.2, -0.15) is 0 Å². The molecule has 0 spiro atoms. The molecule has 0 radical (unpaired) electrons. The fourth-order valence-corrected chi connectivity index (χ4v) is 5.16. The summed E-state index contributed by atoms with van der Waals surface area (Å²) >= 11 is 10.5. The molecule has 2 aliphatic heterocycles. The predicted molar refractivity (Wildman–Crippen MR) is 195 cm³/mol. The molecule has 0 bridgehead atoms. The predicted octanol–water partition coefficient (Wildman–Crippen LogP) is 5.74. The molecule has 0 saturated carbocycles. The van der Waals surface area contributed by atoms with Gasteiger partial charge in [0.05, 0.1) is 0 Å². The molecule has 4 amide bonds. The first-order valence-corrected chi connectivity index (χ1v) is 15.6. The van der Waals surface area contributed by atoms with Gasteiger partial charge in [-0.1, -0.05) is 103 Å². The minimum absolute atomic E-state index is 0.0690. The van der Waals surface area contributed by atoms with Crippen molar-refractivity contribution in [2.24, 2.45) is 0 Å². The van der Waals surface area contributed by atoms with Gasteiger partial charge in [-0.3, -0.25) is 38.8 Å². The maximum atomic E-state index is 12.5. The van der Waals surface area contributed by atoms with Crippen molar-refractivity contribution in [1.29, 1.82) is 0 Å². The lowest BCUT2D eigenvalue weighted by Gasteiger charge is -2.35. The van der Waals surface area contributed by atoms with Crippen molar-refractivity contribution in [2.45, 2.75) is 6.92 Å². The molecule has 2 saturated heterocycles. The molecule has 2 aromatic rings. The van der Waals surface area contributed by atoms with E-state index in [2.05, 4.69) is 19.7 Å². The van der Waals surface area contributed by atoms with Crippen LogP contribution in [0.2, 0.25) is 0 Å². The van der Waals surface area contributed by atoms with E-state index < -0.39 is 11.8 Å². The molecule has 2 aromatic carbocycles. The summed E-state index contributed by atoms with van der Waals surface area (Å²) in [4.78, 5) is 55.5. The quantitative estimate of drug-likeness (QED) is 0.132. The monoisotopic (exact) mass is 664 g/mol. The Hall–Kier alpha value is -5.32. The van der Waals surface area contributed by atoms with E-state index in [4.69, 9.17) is 24.4 Å². The Morgan fingerprint density at radius 1 is 0.553 bits per heavy atom. The summed E-state index contributed by atoms with van der Waals surface area (Å²) in [5.41, 5.74) is 2.14. The van der Waals surface area contributed by atoms with Crippen molar-refractivity contribution in [2.75, 3.05) is 26.2 Å². The van der Waals surface area contributed by atoms with E-state index in [1.807, 2.05) is 79.7 Å². The first kappa shape index (κ1) is 36.2. The molecule has 4 rings (SSSR count). The summed E-state index contributed by atoms with van der Waals surface area (Å²) in [5.74, 6) is -1.58. The van der Waals surface area contributed by atoms with Gasteiger partial charge >= 0.3 is 0 Å². The largest absolute Gasteiger partial charge is 0.285 e. The van der Waals surface area contributed by atoms with Gasteiger partial charge in [-0.15, -0.1) is 19.7 Å². The molecule has 0 atom stereocenters. The van der Waals surface area contributed by atoms with Crippen LogP contribution >= 0.6 is 24.4 Å². The van der Waals surface area contributed by atoms with E-state index in [9.17, 15) is 19.2 Å². The zero-order valence-electron chi connectivity index (χ0n) is 26.2. The molecule has 2 fully saturated rings. The molecule has 0 N–H and O–H groups in total. The highest BCUT2D eigenvalue weighted by atomic mass is 32.1. The molecule has 0 unspecified atom stereocenters. The Morgan fingerprint density at radius 3 is 1.19 bits per heavy atom. The van der Waals surface area contributed by atoms with Crippen molar-refractivity contribution in [1.82, 2.24) is 19.6 Å². The minimum Gasteiger partial charge on any atom is -0.285 e. The number of benzene rings is 2. The highest BCUT2D eigenvalue weighted by Gasteiger charge is 2.38. The summed E-state index contributed by atoms with van der Waals surface area (Å²) in [6.45, 7) is 13.9. The zero-order chi connectivity index (χ0) is 34.3. The molecule has 240 valence electrons. The third-order valence-electron chi connectivity index (χ3n) is 6.78. The number of allylic oxidation sites excluding steroid dienone is 4. The third-order valence-corrected chi connectivity index (χ3v) is 7.66. The summed E-state index contributed by atoms with van der Waals surface area (Å²) in [7, 11) is 0. The highest BCUT2D eigenvalue weighted by molar-refractivity contribution is 7.80. The molecule has 0 aliphatic carbocycles. The van der Waals surface area contributed by atoms with E-state index >= 15 is 0 Å². The summed E-state index contributed by atoms with van der Waals surface area (Å²) < 4.78 is 0. The van der Waals surface area contributed by atoms with Crippen LogP contribution < -0.4 is 0 Å². The lowest BCUT2D eigenvalue weighted by molar-refractivity contribution is -0.135. The number of likely N-dealkylation sites (N-methyl/N-ethyl adjacent to an activating group) is 1. The van der Waals surface area contributed by atoms with Gasteiger partial charge < -0.3 is 0 Å². The number of hydrogen-bond acceptors (Lipinski definition) is 6. The summed E-state index contributed by atoms with van der Waals surface area (Å²) in [5, 5.41) is 0.403. The van der Waals surface area contributed by atoms with Gasteiger partial charge in [-0.25, -0.2) is 0 Å². The van der Waals surface area contributed by atoms with Crippen LogP contribution in [0, 0.1) is 0 Å². The SMILES string of the molecule is C=CCN1C(=O)/C(=C\C=C\c2ccccc2)C(=O)N(CC)C1=S.C=CCN1C(=O)C(=C/C=C/c2ccccc2)C(=O)N(CC=C)C1=S. The number of nitrogens with zero attached hydrogens (tertiary/aromatic N) is 4. The Bertz CT molecular complexity index is 1640. The van der Waals surface area contributed by atoms with Gasteiger partial charge in [0, 0.05) is 26.2 Å². The second-order valence-electron chi connectivity index (χ2n) is 9.93. The third kappa shape index (κ3) is 9.12. The number of hydrogen-bond donors (Lipinski definition) is 0.